The Balaban J connectivity index is 1.90. The molecule has 8 heteroatoms. The van der Waals surface area contributed by atoms with Crippen LogP contribution in [0, 0.1) is 0 Å². The summed E-state index contributed by atoms with van der Waals surface area (Å²) in [6, 6.07) is 1.93. The summed E-state index contributed by atoms with van der Waals surface area (Å²) in [7, 11) is -3.86. The average Bonchev–Trinajstić information content (AvgIpc) is 2.78. The van der Waals surface area contributed by atoms with E-state index in [-0.39, 0.29) is 31.3 Å². The molecule has 2 heterocycles. The van der Waals surface area contributed by atoms with Crippen LogP contribution in [0.25, 0.3) is 0 Å². The molecule has 0 saturated heterocycles. The molecule has 0 bridgehead atoms. The minimum absolute atomic E-state index is 0.107. The zero-order valence-electron chi connectivity index (χ0n) is 13.7. The van der Waals surface area contributed by atoms with Crippen LogP contribution >= 0.6 is 0 Å². The smallest absolute Gasteiger partial charge is 0.326 e. The van der Waals surface area contributed by atoms with Crippen LogP contribution in [0.3, 0.4) is 0 Å². The van der Waals surface area contributed by atoms with E-state index in [4.69, 9.17) is 0 Å². The largest absolute Gasteiger partial charge is 0.480 e. The minimum atomic E-state index is -3.86. The number of sulfonamides is 1. The second-order valence-electron chi connectivity index (χ2n) is 7.49. The number of fused-ring (bicyclic) bond motifs is 1. The third kappa shape index (κ3) is 2.39. The van der Waals surface area contributed by atoms with Gasteiger partial charge in [-0.25, -0.2) is 8.42 Å². The maximum absolute atomic E-state index is 12.9. The van der Waals surface area contributed by atoms with Crippen molar-refractivity contribution in [1.82, 2.24) is 14.1 Å². The lowest BCUT2D eigenvalue weighted by Crippen LogP contribution is -2.58. The molecule has 2 aliphatic rings. The molecule has 1 aliphatic heterocycles. The predicted molar refractivity (Wildman–Crippen MR) is 84.5 cm³/mol. The molecule has 0 atom stereocenters. The van der Waals surface area contributed by atoms with Gasteiger partial charge in [-0.1, -0.05) is 20.8 Å². The van der Waals surface area contributed by atoms with Crippen molar-refractivity contribution in [3.8, 4) is 0 Å². The highest BCUT2D eigenvalue weighted by Gasteiger charge is 2.58. The first kappa shape index (κ1) is 16.4. The van der Waals surface area contributed by atoms with Crippen molar-refractivity contribution in [3.05, 3.63) is 17.5 Å². The van der Waals surface area contributed by atoms with Gasteiger partial charge in [0.25, 0.3) is 0 Å². The molecule has 0 spiro atoms. The molecule has 1 N–H and O–H groups in total. The zero-order valence-corrected chi connectivity index (χ0v) is 14.6. The summed E-state index contributed by atoms with van der Waals surface area (Å²) >= 11 is 0. The van der Waals surface area contributed by atoms with Gasteiger partial charge in [-0.05, 0) is 25.3 Å². The number of nitrogens with zero attached hydrogens (tertiary/aromatic N) is 3. The summed E-state index contributed by atoms with van der Waals surface area (Å²) in [4.78, 5) is 11.6. The molecule has 1 aromatic rings. The monoisotopic (exact) mass is 341 g/mol. The van der Waals surface area contributed by atoms with E-state index in [0.29, 0.717) is 13.0 Å². The Morgan fingerprint density at radius 2 is 1.96 bits per heavy atom. The zero-order chi connectivity index (χ0) is 17.0. The Bertz CT molecular complexity index is 741. The number of carbonyl (C=O) groups is 1. The third-order valence-corrected chi connectivity index (χ3v) is 7.48. The Morgan fingerprint density at radius 1 is 1.30 bits per heavy atom. The summed E-state index contributed by atoms with van der Waals surface area (Å²) in [5, 5.41) is 14.0. The van der Waals surface area contributed by atoms with Gasteiger partial charge in [0.15, 0.2) is 4.75 Å². The summed E-state index contributed by atoms with van der Waals surface area (Å²) in [5.41, 5.74) is 1.64. The molecule has 3 rings (SSSR count). The SMILES string of the molecule is CC(C)(C)c1cc2n(n1)CCN(S(=O)(=O)C1(C(=O)O)CCC1)C2. The van der Waals surface area contributed by atoms with Crippen LogP contribution in [0.4, 0.5) is 0 Å². The fraction of sp³-hybridized carbons (Fsp3) is 0.733. The lowest BCUT2D eigenvalue weighted by Gasteiger charge is -2.41. The highest BCUT2D eigenvalue weighted by molar-refractivity contribution is 7.91. The van der Waals surface area contributed by atoms with E-state index in [1.54, 1.807) is 0 Å². The average molecular weight is 341 g/mol. The molecule has 0 amide bonds. The normalized spacial score (nSPS) is 21.5. The third-order valence-electron chi connectivity index (χ3n) is 4.92. The van der Waals surface area contributed by atoms with E-state index in [0.717, 1.165) is 11.4 Å². The first-order chi connectivity index (χ1) is 10.6. The maximum Gasteiger partial charge on any atom is 0.326 e. The quantitative estimate of drug-likeness (QED) is 0.895. The maximum atomic E-state index is 12.9. The van der Waals surface area contributed by atoms with Gasteiger partial charge in [0.2, 0.25) is 10.0 Å². The van der Waals surface area contributed by atoms with Crippen molar-refractivity contribution in [2.24, 2.45) is 0 Å². The van der Waals surface area contributed by atoms with Gasteiger partial charge >= 0.3 is 5.97 Å². The second kappa shape index (κ2) is 5.04. The van der Waals surface area contributed by atoms with Gasteiger partial charge in [-0.15, -0.1) is 0 Å². The number of hydrogen-bond acceptors (Lipinski definition) is 4. The Hall–Kier alpha value is -1.41. The minimum Gasteiger partial charge on any atom is -0.480 e. The molecule has 1 saturated carbocycles. The summed E-state index contributed by atoms with van der Waals surface area (Å²) in [6.07, 6.45) is 1.05. The molecule has 0 unspecified atom stereocenters. The Kier molecular flexibility index (Phi) is 3.61. The van der Waals surface area contributed by atoms with E-state index in [1.807, 2.05) is 10.7 Å². The molecule has 0 radical (unpaired) electrons. The Labute approximate surface area is 136 Å². The van der Waals surface area contributed by atoms with Gasteiger partial charge in [0, 0.05) is 12.0 Å². The van der Waals surface area contributed by atoms with Crippen LogP contribution in [-0.4, -0.2) is 44.9 Å². The standard InChI is InChI=1S/C15H23N3O4S/c1-14(2,3)12-9-11-10-17(7-8-18(11)16-12)23(21,22)15(13(19)20)5-4-6-15/h9H,4-8,10H2,1-3H3,(H,19,20). The van der Waals surface area contributed by atoms with Crippen LogP contribution in [0.1, 0.15) is 51.4 Å². The lowest BCUT2D eigenvalue weighted by molar-refractivity contribution is -0.142. The van der Waals surface area contributed by atoms with Gasteiger partial charge < -0.3 is 5.11 Å². The number of aliphatic carboxylic acids is 1. The van der Waals surface area contributed by atoms with Gasteiger partial charge in [0.1, 0.15) is 0 Å². The molecule has 128 valence electrons. The summed E-state index contributed by atoms with van der Waals surface area (Å²) in [5.74, 6) is -1.22. The number of aromatic nitrogens is 2. The van der Waals surface area contributed by atoms with Crippen molar-refractivity contribution in [1.29, 1.82) is 0 Å². The van der Waals surface area contributed by atoms with Crippen LogP contribution in [0.5, 0.6) is 0 Å². The van der Waals surface area contributed by atoms with E-state index < -0.39 is 20.7 Å². The second-order valence-corrected chi connectivity index (χ2v) is 9.73. The fourth-order valence-electron chi connectivity index (χ4n) is 3.14. The molecule has 1 aromatic heterocycles. The van der Waals surface area contributed by atoms with Crippen LogP contribution in [0.15, 0.2) is 6.07 Å². The van der Waals surface area contributed by atoms with Crippen molar-refractivity contribution in [2.45, 2.75) is 63.3 Å². The number of carboxylic acid groups (broad SMARTS) is 1. The molecule has 1 aliphatic carbocycles. The molecule has 23 heavy (non-hydrogen) atoms. The molecular weight excluding hydrogens is 318 g/mol. The molecule has 0 aromatic carbocycles. The predicted octanol–water partition coefficient (Wildman–Crippen LogP) is 1.33. The topological polar surface area (TPSA) is 92.5 Å². The highest BCUT2D eigenvalue weighted by atomic mass is 32.2. The van der Waals surface area contributed by atoms with Crippen LogP contribution in [-0.2, 0) is 33.3 Å². The molecule has 1 fully saturated rings. The molecular formula is C15H23N3O4S. The van der Waals surface area contributed by atoms with Crippen LogP contribution in [0.2, 0.25) is 0 Å². The summed E-state index contributed by atoms with van der Waals surface area (Å²) in [6.45, 7) is 7.10. The van der Waals surface area contributed by atoms with E-state index in [9.17, 15) is 18.3 Å². The van der Waals surface area contributed by atoms with Crippen molar-refractivity contribution >= 4 is 16.0 Å². The fourth-order valence-corrected chi connectivity index (χ4v) is 5.28. The van der Waals surface area contributed by atoms with Gasteiger partial charge in [-0.3, -0.25) is 9.48 Å². The number of hydrogen-bond donors (Lipinski definition) is 1. The van der Waals surface area contributed by atoms with Crippen molar-refractivity contribution in [2.75, 3.05) is 6.54 Å². The van der Waals surface area contributed by atoms with Crippen LogP contribution < -0.4 is 0 Å². The first-order valence-corrected chi connectivity index (χ1v) is 9.32. The van der Waals surface area contributed by atoms with Crippen molar-refractivity contribution in [3.63, 3.8) is 0 Å². The van der Waals surface area contributed by atoms with E-state index in [2.05, 4.69) is 25.9 Å². The molecule has 7 nitrogen and oxygen atoms in total. The number of rotatable bonds is 3. The number of carboxylic acids is 1. The van der Waals surface area contributed by atoms with Gasteiger partial charge in [0.05, 0.1) is 24.5 Å². The van der Waals surface area contributed by atoms with Gasteiger partial charge in [-0.2, -0.15) is 9.40 Å². The lowest BCUT2D eigenvalue weighted by atomic mass is 9.84. The van der Waals surface area contributed by atoms with Crippen molar-refractivity contribution < 1.29 is 18.3 Å². The van der Waals surface area contributed by atoms with E-state index in [1.165, 1.54) is 4.31 Å². The Morgan fingerprint density at radius 3 is 2.43 bits per heavy atom. The highest BCUT2D eigenvalue weighted by Crippen LogP contribution is 2.42. The summed E-state index contributed by atoms with van der Waals surface area (Å²) < 4.78 is 27.3. The van der Waals surface area contributed by atoms with E-state index >= 15 is 0 Å². The first-order valence-electron chi connectivity index (χ1n) is 7.88.